The zero-order chi connectivity index (χ0) is 9.03. The minimum Gasteiger partial charge on any atom is -0.472 e. The highest BCUT2D eigenvalue weighted by molar-refractivity contribution is 8.15. The molecule has 0 bridgehead atoms. The van der Waals surface area contributed by atoms with Crippen LogP contribution in [0.15, 0.2) is 4.76 Å². The molecule has 0 aromatic carbocycles. The Balaban J connectivity index is 2.68. The summed E-state index contributed by atoms with van der Waals surface area (Å²) in [5.41, 5.74) is 0. The molecule has 7 heteroatoms. The standard InChI is InChI=1S/C5H10NO3PS2/c1-7-10(11,8-2)6-5-9-3-4-12-5/h3-4H2,1-2H3/b6-5+. The first-order valence-electron chi connectivity index (χ1n) is 3.27. The molecule has 1 rings (SSSR count). The first-order valence-corrected chi connectivity index (χ1v) is 6.85. The summed E-state index contributed by atoms with van der Waals surface area (Å²) < 4.78 is 19.2. The molecule has 12 heavy (non-hydrogen) atoms. The van der Waals surface area contributed by atoms with Gasteiger partial charge in [0.15, 0.2) is 0 Å². The molecule has 70 valence electrons. The second kappa shape index (κ2) is 4.58. The van der Waals surface area contributed by atoms with Crippen molar-refractivity contribution in [2.45, 2.75) is 0 Å². The second-order valence-corrected chi connectivity index (χ2v) is 6.19. The molecule has 0 aromatic rings. The molecule has 0 unspecified atom stereocenters. The maximum absolute atomic E-state index is 5.17. The molecule has 0 radical (unpaired) electrons. The van der Waals surface area contributed by atoms with Gasteiger partial charge in [0, 0.05) is 20.0 Å². The summed E-state index contributed by atoms with van der Waals surface area (Å²) >= 11 is 6.56. The number of ether oxygens (including phenoxy) is 1. The summed E-state index contributed by atoms with van der Waals surface area (Å²) in [5, 5.41) is 0.585. The van der Waals surface area contributed by atoms with Crippen LogP contribution in [-0.2, 0) is 25.6 Å². The molecule has 0 amide bonds. The molecule has 0 spiro atoms. The number of hydrogen-bond donors (Lipinski definition) is 0. The Hall–Kier alpha value is 0.390. The minimum absolute atomic E-state index is 0.585. The maximum atomic E-state index is 5.17. The van der Waals surface area contributed by atoms with E-state index in [-0.39, 0.29) is 0 Å². The van der Waals surface area contributed by atoms with Crippen molar-refractivity contribution in [1.82, 2.24) is 0 Å². The van der Waals surface area contributed by atoms with Gasteiger partial charge in [0.2, 0.25) is 0 Å². The molecule has 1 heterocycles. The normalized spacial score (nSPS) is 21.3. The molecule has 0 aromatic heterocycles. The first-order chi connectivity index (χ1) is 5.70. The lowest BCUT2D eigenvalue weighted by molar-refractivity contribution is 0.331. The van der Waals surface area contributed by atoms with E-state index in [2.05, 4.69) is 4.76 Å². The van der Waals surface area contributed by atoms with Crippen LogP contribution in [0.2, 0.25) is 0 Å². The second-order valence-electron chi connectivity index (χ2n) is 1.90. The van der Waals surface area contributed by atoms with Gasteiger partial charge >= 0.3 is 6.64 Å². The Morgan fingerprint density at radius 1 is 1.58 bits per heavy atom. The summed E-state index contributed by atoms with van der Waals surface area (Å²) in [4.78, 5) is 0. The summed E-state index contributed by atoms with van der Waals surface area (Å²) in [6.45, 7) is -1.77. The van der Waals surface area contributed by atoms with Gasteiger partial charge in [0.25, 0.3) is 5.23 Å². The quantitative estimate of drug-likeness (QED) is 0.685. The van der Waals surface area contributed by atoms with Crippen LogP contribution in [0.4, 0.5) is 0 Å². The van der Waals surface area contributed by atoms with Crippen molar-refractivity contribution in [2.24, 2.45) is 4.76 Å². The van der Waals surface area contributed by atoms with Gasteiger partial charge in [0.05, 0.1) is 0 Å². The molecule has 1 fully saturated rings. The highest BCUT2D eigenvalue weighted by atomic mass is 32.5. The predicted molar refractivity (Wildman–Crippen MR) is 54.1 cm³/mol. The summed E-state index contributed by atoms with van der Waals surface area (Å²) in [7, 11) is 2.99. The summed E-state index contributed by atoms with van der Waals surface area (Å²) in [6.07, 6.45) is 0. The van der Waals surface area contributed by atoms with Crippen LogP contribution in [0.1, 0.15) is 0 Å². The lowest BCUT2D eigenvalue weighted by Crippen LogP contribution is -1.92. The number of thioether (sulfide) groups is 1. The lowest BCUT2D eigenvalue weighted by atomic mass is 10.9. The van der Waals surface area contributed by atoms with Crippen molar-refractivity contribution >= 4 is 35.4 Å². The molecular formula is C5H10NO3PS2. The van der Waals surface area contributed by atoms with Gasteiger partial charge in [-0.25, -0.2) is 0 Å². The Labute approximate surface area is 80.9 Å². The SMILES string of the molecule is COP(=S)(/N=C1\OCCS1)OC. The number of nitrogens with zero attached hydrogens (tertiary/aromatic N) is 1. The molecule has 0 N–H and O–H groups in total. The van der Waals surface area contributed by atoms with E-state index in [1.54, 1.807) is 0 Å². The number of hydrogen-bond acceptors (Lipinski definition) is 5. The average Bonchev–Trinajstić information content (AvgIpc) is 2.57. The number of rotatable bonds is 3. The molecule has 0 atom stereocenters. The van der Waals surface area contributed by atoms with Crippen molar-refractivity contribution < 1.29 is 13.8 Å². The molecular weight excluding hydrogens is 217 g/mol. The van der Waals surface area contributed by atoms with Crippen LogP contribution in [-0.4, -0.2) is 31.8 Å². The van der Waals surface area contributed by atoms with Gasteiger partial charge in [-0.2, -0.15) is 4.76 Å². The molecule has 1 saturated heterocycles. The third-order valence-corrected chi connectivity index (χ3v) is 4.65. The zero-order valence-electron chi connectivity index (χ0n) is 6.85. The van der Waals surface area contributed by atoms with Crippen LogP contribution in [0.25, 0.3) is 0 Å². The Morgan fingerprint density at radius 2 is 2.25 bits per heavy atom. The van der Waals surface area contributed by atoms with Crippen LogP contribution in [0.3, 0.4) is 0 Å². The minimum atomic E-state index is -2.45. The predicted octanol–water partition coefficient (Wildman–Crippen LogP) is 1.62. The van der Waals surface area contributed by atoms with Crippen molar-refractivity contribution in [3.8, 4) is 0 Å². The van der Waals surface area contributed by atoms with Crippen molar-refractivity contribution in [3.05, 3.63) is 0 Å². The third-order valence-electron chi connectivity index (χ3n) is 1.20. The summed E-state index contributed by atoms with van der Waals surface area (Å²) in [5.74, 6) is 0.918. The molecule has 0 saturated carbocycles. The Morgan fingerprint density at radius 3 is 2.67 bits per heavy atom. The molecule has 0 aliphatic carbocycles. The highest BCUT2D eigenvalue weighted by Crippen LogP contribution is 2.49. The fourth-order valence-electron chi connectivity index (χ4n) is 0.614. The first kappa shape index (κ1) is 10.5. The Kier molecular flexibility index (Phi) is 3.99. The smallest absolute Gasteiger partial charge is 0.312 e. The van der Waals surface area contributed by atoms with Gasteiger partial charge in [-0.1, -0.05) is 11.8 Å². The van der Waals surface area contributed by atoms with Gasteiger partial charge in [-0.3, -0.25) is 0 Å². The van der Waals surface area contributed by atoms with Crippen LogP contribution in [0.5, 0.6) is 0 Å². The van der Waals surface area contributed by atoms with Crippen LogP contribution >= 0.6 is 18.4 Å². The van der Waals surface area contributed by atoms with Crippen LogP contribution in [0, 0.1) is 0 Å². The van der Waals surface area contributed by atoms with E-state index in [4.69, 9.17) is 25.6 Å². The fraction of sp³-hybridized carbons (Fsp3) is 0.800. The van der Waals surface area contributed by atoms with E-state index >= 15 is 0 Å². The van der Waals surface area contributed by atoms with E-state index < -0.39 is 6.64 Å². The van der Waals surface area contributed by atoms with E-state index in [0.29, 0.717) is 11.8 Å². The van der Waals surface area contributed by atoms with E-state index in [1.807, 2.05) is 0 Å². The monoisotopic (exact) mass is 227 g/mol. The van der Waals surface area contributed by atoms with Crippen molar-refractivity contribution in [1.29, 1.82) is 0 Å². The van der Waals surface area contributed by atoms with E-state index in [0.717, 1.165) is 5.75 Å². The van der Waals surface area contributed by atoms with Gasteiger partial charge < -0.3 is 13.8 Å². The zero-order valence-corrected chi connectivity index (χ0v) is 9.38. The fourth-order valence-corrected chi connectivity index (χ4v) is 2.62. The third kappa shape index (κ3) is 2.71. The average molecular weight is 227 g/mol. The topological polar surface area (TPSA) is 40.0 Å². The summed E-state index contributed by atoms with van der Waals surface area (Å²) in [6, 6.07) is 0. The lowest BCUT2D eigenvalue weighted by Gasteiger charge is -2.11. The van der Waals surface area contributed by atoms with Crippen molar-refractivity contribution in [3.63, 3.8) is 0 Å². The highest BCUT2D eigenvalue weighted by Gasteiger charge is 2.19. The van der Waals surface area contributed by atoms with Crippen molar-refractivity contribution in [2.75, 3.05) is 26.6 Å². The van der Waals surface area contributed by atoms with E-state index in [9.17, 15) is 0 Å². The maximum Gasteiger partial charge on any atom is 0.312 e. The van der Waals surface area contributed by atoms with Gasteiger partial charge in [-0.05, 0) is 11.8 Å². The Bertz CT molecular complexity index is 217. The van der Waals surface area contributed by atoms with Gasteiger partial charge in [-0.15, -0.1) is 0 Å². The van der Waals surface area contributed by atoms with E-state index in [1.165, 1.54) is 26.0 Å². The molecule has 4 nitrogen and oxygen atoms in total. The van der Waals surface area contributed by atoms with Gasteiger partial charge in [0.1, 0.15) is 6.61 Å². The molecule has 1 aliphatic rings. The molecule has 1 aliphatic heterocycles. The largest absolute Gasteiger partial charge is 0.472 e. The van der Waals surface area contributed by atoms with Crippen LogP contribution < -0.4 is 0 Å².